The SMILES string of the molecule is C#CCCN(C#C[Si](C)(C)C)S(=O)(=O)c1ccc(C)cc1. The molecule has 0 saturated heterocycles. The number of nitrogens with zero attached hydrogens (tertiary/aromatic N) is 1. The van der Waals surface area contributed by atoms with Crippen LogP contribution >= 0.6 is 0 Å². The molecule has 0 aliphatic heterocycles. The second kappa shape index (κ2) is 6.84. The van der Waals surface area contributed by atoms with E-state index in [-0.39, 0.29) is 11.4 Å². The Morgan fingerprint density at radius 3 is 2.24 bits per heavy atom. The average Bonchev–Trinajstić information content (AvgIpc) is 2.37. The summed E-state index contributed by atoms with van der Waals surface area (Å²) in [6, 6.07) is 9.56. The molecule has 0 N–H and O–H groups in total. The van der Waals surface area contributed by atoms with Crippen molar-refractivity contribution in [2.75, 3.05) is 6.54 Å². The number of hydrogen-bond acceptors (Lipinski definition) is 2. The Bertz CT molecular complexity index is 683. The third-order valence-electron chi connectivity index (χ3n) is 2.62. The molecule has 1 rings (SSSR count). The van der Waals surface area contributed by atoms with Crippen molar-refractivity contribution in [3.63, 3.8) is 0 Å². The molecule has 0 aliphatic rings. The molecule has 0 aliphatic carbocycles. The van der Waals surface area contributed by atoms with Crippen molar-refractivity contribution in [3.05, 3.63) is 29.8 Å². The van der Waals surface area contributed by atoms with E-state index in [0.29, 0.717) is 6.42 Å². The Kier molecular flexibility index (Phi) is 5.66. The summed E-state index contributed by atoms with van der Waals surface area (Å²) in [6.45, 7) is 8.33. The first-order valence-electron chi connectivity index (χ1n) is 6.72. The zero-order chi connectivity index (χ0) is 16.1. The van der Waals surface area contributed by atoms with Gasteiger partial charge < -0.3 is 0 Å². The lowest BCUT2D eigenvalue weighted by atomic mass is 10.2. The van der Waals surface area contributed by atoms with Gasteiger partial charge in [0.05, 0.1) is 11.4 Å². The number of benzene rings is 1. The van der Waals surface area contributed by atoms with Crippen LogP contribution < -0.4 is 0 Å². The predicted octanol–water partition coefficient (Wildman–Crippen LogP) is 2.85. The Hall–Kier alpha value is -1.69. The minimum atomic E-state index is -3.63. The number of sulfonamides is 1. The van der Waals surface area contributed by atoms with E-state index in [1.54, 1.807) is 24.3 Å². The fraction of sp³-hybridized carbons (Fsp3) is 0.375. The molecule has 0 unspecified atom stereocenters. The standard InChI is InChI=1S/C16H21NO2SSi/c1-6-7-12-17(13-14-21(3,4)5)20(18,19)16-10-8-15(2)9-11-16/h1,8-11H,7,12H2,2-5H3. The lowest BCUT2D eigenvalue weighted by Gasteiger charge is -2.18. The molecule has 1 aromatic carbocycles. The van der Waals surface area contributed by atoms with E-state index in [1.165, 1.54) is 4.31 Å². The van der Waals surface area contributed by atoms with Crippen molar-refractivity contribution >= 4 is 18.1 Å². The van der Waals surface area contributed by atoms with Gasteiger partial charge >= 0.3 is 0 Å². The summed E-state index contributed by atoms with van der Waals surface area (Å²) in [7, 11) is -5.29. The predicted molar refractivity (Wildman–Crippen MR) is 89.6 cm³/mol. The molecule has 21 heavy (non-hydrogen) atoms. The molecule has 0 atom stereocenters. The molecular formula is C16H21NO2SSi. The van der Waals surface area contributed by atoms with Gasteiger partial charge in [0.25, 0.3) is 10.0 Å². The molecule has 0 saturated carbocycles. The van der Waals surface area contributed by atoms with E-state index < -0.39 is 18.1 Å². The van der Waals surface area contributed by atoms with Crippen LogP contribution in [0.5, 0.6) is 0 Å². The third-order valence-corrected chi connectivity index (χ3v) is 5.21. The lowest BCUT2D eigenvalue weighted by molar-refractivity contribution is 0.516. The van der Waals surface area contributed by atoms with Crippen molar-refractivity contribution in [1.29, 1.82) is 0 Å². The van der Waals surface area contributed by atoms with E-state index in [4.69, 9.17) is 6.42 Å². The first kappa shape index (κ1) is 17.4. The van der Waals surface area contributed by atoms with E-state index in [0.717, 1.165) is 5.56 Å². The van der Waals surface area contributed by atoms with Gasteiger partial charge in [-0.25, -0.2) is 12.7 Å². The lowest BCUT2D eigenvalue weighted by Crippen LogP contribution is -2.29. The highest BCUT2D eigenvalue weighted by molar-refractivity contribution is 7.89. The Morgan fingerprint density at radius 2 is 1.76 bits per heavy atom. The maximum Gasteiger partial charge on any atom is 0.270 e. The number of aryl methyl sites for hydroxylation is 1. The van der Waals surface area contributed by atoms with Gasteiger partial charge in [-0.05, 0) is 19.1 Å². The van der Waals surface area contributed by atoms with Gasteiger partial charge in [0.1, 0.15) is 8.07 Å². The highest BCUT2D eigenvalue weighted by Crippen LogP contribution is 2.16. The van der Waals surface area contributed by atoms with Crippen LogP contribution in [0.3, 0.4) is 0 Å². The van der Waals surface area contributed by atoms with Gasteiger partial charge in [0, 0.05) is 12.5 Å². The van der Waals surface area contributed by atoms with Crippen molar-refractivity contribution in [1.82, 2.24) is 4.31 Å². The molecular weight excluding hydrogens is 298 g/mol. The zero-order valence-electron chi connectivity index (χ0n) is 13.0. The van der Waals surface area contributed by atoms with Crippen LogP contribution in [-0.2, 0) is 10.0 Å². The summed E-state index contributed by atoms with van der Waals surface area (Å²) in [5.74, 6) is 2.47. The second-order valence-corrected chi connectivity index (χ2v) is 12.4. The van der Waals surface area contributed by atoms with Gasteiger partial charge in [-0.1, -0.05) is 37.3 Å². The summed E-state index contributed by atoms with van der Waals surface area (Å²) < 4.78 is 26.4. The number of hydrogen-bond donors (Lipinski definition) is 0. The Labute approximate surface area is 129 Å². The quantitative estimate of drug-likeness (QED) is 0.486. The van der Waals surface area contributed by atoms with Crippen LogP contribution in [0.4, 0.5) is 0 Å². The summed E-state index contributed by atoms with van der Waals surface area (Å²) in [6.07, 6.45) is 5.59. The minimum absolute atomic E-state index is 0.212. The molecule has 0 heterocycles. The molecule has 0 bridgehead atoms. The van der Waals surface area contributed by atoms with E-state index in [1.807, 2.05) is 6.92 Å². The van der Waals surface area contributed by atoms with Crippen LogP contribution in [0, 0.1) is 30.9 Å². The number of rotatable bonds is 4. The maximum atomic E-state index is 12.6. The maximum absolute atomic E-state index is 12.6. The fourth-order valence-electron chi connectivity index (χ4n) is 1.47. The van der Waals surface area contributed by atoms with Crippen LogP contribution in [-0.4, -0.2) is 27.3 Å². The molecule has 0 spiro atoms. The Balaban J connectivity index is 3.20. The molecule has 0 fully saturated rings. The number of terminal acetylenes is 1. The summed E-state index contributed by atoms with van der Waals surface area (Å²) >= 11 is 0. The topological polar surface area (TPSA) is 37.4 Å². The summed E-state index contributed by atoms with van der Waals surface area (Å²) in [5.41, 5.74) is 4.10. The second-order valence-electron chi connectivity index (χ2n) is 5.83. The largest absolute Gasteiger partial charge is 0.270 e. The highest BCUT2D eigenvalue weighted by atomic mass is 32.2. The highest BCUT2D eigenvalue weighted by Gasteiger charge is 2.22. The van der Waals surface area contributed by atoms with Crippen LogP contribution in [0.25, 0.3) is 0 Å². The fourth-order valence-corrected chi connectivity index (χ4v) is 3.25. The average molecular weight is 320 g/mol. The van der Waals surface area contributed by atoms with Crippen LogP contribution in [0.2, 0.25) is 19.6 Å². The smallest absolute Gasteiger partial charge is 0.224 e. The van der Waals surface area contributed by atoms with E-state index in [2.05, 4.69) is 37.1 Å². The van der Waals surface area contributed by atoms with Crippen molar-refractivity contribution < 1.29 is 8.42 Å². The minimum Gasteiger partial charge on any atom is -0.224 e. The van der Waals surface area contributed by atoms with Gasteiger partial charge in [0.15, 0.2) is 0 Å². The van der Waals surface area contributed by atoms with Gasteiger partial charge in [0.2, 0.25) is 0 Å². The molecule has 0 aromatic heterocycles. The normalized spacial score (nSPS) is 11.2. The van der Waals surface area contributed by atoms with Crippen molar-refractivity contribution in [3.8, 4) is 23.9 Å². The molecule has 112 valence electrons. The van der Waals surface area contributed by atoms with E-state index >= 15 is 0 Å². The van der Waals surface area contributed by atoms with E-state index in [9.17, 15) is 8.42 Å². The third kappa shape index (κ3) is 5.30. The monoisotopic (exact) mass is 319 g/mol. The summed E-state index contributed by atoms with van der Waals surface area (Å²) in [4.78, 5) is 0.245. The molecule has 0 amide bonds. The van der Waals surface area contributed by atoms with Crippen molar-refractivity contribution in [2.45, 2.75) is 37.9 Å². The van der Waals surface area contributed by atoms with Gasteiger partial charge in [-0.15, -0.1) is 17.9 Å². The molecule has 1 aromatic rings. The zero-order valence-corrected chi connectivity index (χ0v) is 14.8. The van der Waals surface area contributed by atoms with Crippen LogP contribution in [0.1, 0.15) is 12.0 Å². The Morgan fingerprint density at radius 1 is 1.19 bits per heavy atom. The van der Waals surface area contributed by atoms with Gasteiger partial charge in [-0.2, -0.15) is 0 Å². The van der Waals surface area contributed by atoms with Crippen LogP contribution in [0.15, 0.2) is 29.2 Å². The first-order chi connectivity index (χ1) is 9.66. The molecule has 0 radical (unpaired) electrons. The first-order valence-corrected chi connectivity index (χ1v) is 11.7. The molecule has 3 nitrogen and oxygen atoms in total. The van der Waals surface area contributed by atoms with Crippen molar-refractivity contribution in [2.24, 2.45) is 0 Å². The van der Waals surface area contributed by atoms with Gasteiger partial charge in [-0.3, -0.25) is 0 Å². The summed E-state index contributed by atoms with van der Waals surface area (Å²) in [5, 5.41) is 0. The molecule has 5 heteroatoms.